The monoisotopic (exact) mass is 331 g/mol. The van der Waals surface area contributed by atoms with Crippen molar-refractivity contribution in [1.29, 1.82) is 0 Å². The van der Waals surface area contributed by atoms with Crippen LogP contribution < -0.4 is 0 Å². The minimum atomic E-state index is -0.435. The van der Waals surface area contributed by atoms with Crippen molar-refractivity contribution in [2.75, 3.05) is 7.11 Å². The van der Waals surface area contributed by atoms with Gasteiger partial charge in [-0.05, 0) is 28.1 Å². The highest BCUT2D eigenvalue weighted by Gasteiger charge is 2.12. The lowest BCUT2D eigenvalue weighted by molar-refractivity contribution is 0.0595. The van der Waals surface area contributed by atoms with Gasteiger partial charge in [0.05, 0.1) is 12.1 Å². The van der Waals surface area contributed by atoms with Crippen LogP contribution in [0.4, 0.5) is 0 Å². The smallest absolute Gasteiger partial charge is 0.357 e. The van der Waals surface area contributed by atoms with Gasteiger partial charge in [-0.2, -0.15) is 0 Å². The second-order valence-corrected chi connectivity index (χ2v) is 5.28. The second-order valence-electron chi connectivity index (χ2n) is 3.16. The summed E-state index contributed by atoms with van der Waals surface area (Å²) in [5.74, 6) is -0.435. The Kier molecular flexibility index (Phi) is 3.81. The van der Waals surface area contributed by atoms with E-state index in [1.807, 2.05) is 12.1 Å². The van der Waals surface area contributed by atoms with Gasteiger partial charge in [-0.1, -0.05) is 17.7 Å². The molecule has 0 aliphatic carbocycles. The molecule has 0 atom stereocenters. The van der Waals surface area contributed by atoms with E-state index in [1.165, 1.54) is 18.4 Å². The molecule has 17 heavy (non-hydrogen) atoms. The Morgan fingerprint density at radius 1 is 1.53 bits per heavy atom. The lowest BCUT2D eigenvalue weighted by atomic mass is 10.2. The molecular formula is C11H7BrClNO2S. The third-order valence-corrected chi connectivity index (χ3v) is 4.19. The van der Waals surface area contributed by atoms with Crippen LogP contribution in [0.25, 0.3) is 10.6 Å². The number of halogens is 2. The summed E-state index contributed by atoms with van der Waals surface area (Å²) < 4.78 is 5.43. The number of hydrogen-bond donors (Lipinski definition) is 0. The maximum absolute atomic E-state index is 11.3. The second kappa shape index (κ2) is 5.16. The summed E-state index contributed by atoms with van der Waals surface area (Å²) in [5.41, 5.74) is 1.19. The number of thiazole rings is 1. The maximum Gasteiger partial charge on any atom is 0.357 e. The number of aromatic nitrogens is 1. The Bertz CT molecular complexity index is 570. The van der Waals surface area contributed by atoms with Gasteiger partial charge in [0.1, 0.15) is 5.01 Å². The minimum Gasteiger partial charge on any atom is -0.464 e. The van der Waals surface area contributed by atoms with Crippen molar-refractivity contribution in [3.8, 4) is 10.6 Å². The van der Waals surface area contributed by atoms with Crippen LogP contribution in [0.1, 0.15) is 10.5 Å². The molecule has 0 spiro atoms. The summed E-state index contributed by atoms with van der Waals surface area (Å²) >= 11 is 10.7. The Labute approximate surface area is 116 Å². The van der Waals surface area contributed by atoms with E-state index < -0.39 is 5.97 Å². The third kappa shape index (κ3) is 2.68. The van der Waals surface area contributed by atoms with E-state index in [0.717, 1.165) is 15.0 Å². The molecule has 0 bridgehead atoms. The largest absolute Gasteiger partial charge is 0.464 e. The highest BCUT2D eigenvalue weighted by Crippen LogP contribution is 2.30. The normalized spacial score (nSPS) is 10.3. The molecule has 0 unspecified atom stereocenters. The molecule has 2 aromatic rings. The van der Waals surface area contributed by atoms with Gasteiger partial charge in [-0.15, -0.1) is 11.3 Å². The molecule has 3 nitrogen and oxygen atoms in total. The number of esters is 1. The van der Waals surface area contributed by atoms with E-state index in [0.29, 0.717) is 10.7 Å². The van der Waals surface area contributed by atoms with Crippen LogP contribution >= 0.6 is 38.9 Å². The number of nitrogens with zero attached hydrogens (tertiary/aromatic N) is 1. The van der Waals surface area contributed by atoms with Crippen LogP contribution in [0.5, 0.6) is 0 Å². The van der Waals surface area contributed by atoms with Crippen molar-refractivity contribution >= 4 is 44.8 Å². The number of methoxy groups -OCH3 is 1. The Morgan fingerprint density at radius 3 is 2.94 bits per heavy atom. The Hall–Kier alpha value is -0.910. The molecule has 0 radical (unpaired) electrons. The van der Waals surface area contributed by atoms with Crippen LogP contribution in [0.15, 0.2) is 28.1 Å². The highest BCUT2D eigenvalue weighted by atomic mass is 79.9. The summed E-state index contributed by atoms with van der Waals surface area (Å²) in [6, 6.07) is 5.53. The third-order valence-electron chi connectivity index (χ3n) is 2.07. The van der Waals surface area contributed by atoms with Gasteiger partial charge in [-0.25, -0.2) is 9.78 Å². The van der Waals surface area contributed by atoms with Crippen LogP contribution in [0, 0.1) is 0 Å². The van der Waals surface area contributed by atoms with Gasteiger partial charge in [-0.3, -0.25) is 0 Å². The van der Waals surface area contributed by atoms with Crippen molar-refractivity contribution in [2.24, 2.45) is 0 Å². The van der Waals surface area contributed by atoms with E-state index in [1.54, 1.807) is 11.4 Å². The predicted octanol–water partition coefficient (Wildman–Crippen LogP) is 4.01. The number of carbonyl (C=O) groups excluding carboxylic acids is 1. The molecule has 0 N–H and O–H groups in total. The Morgan fingerprint density at radius 2 is 2.29 bits per heavy atom. The van der Waals surface area contributed by atoms with Crippen molar-refractivity contribution in [3.63, 3.8) is 0 Å². The molecule has 0 amide bonds. The minimum absolute atomic E-state index is 0.312. The summed E-state index contributed by atoms with van der Waals surface area (Å²) in [6.45, 7) is 0. The summed E-state index contributed by atoms with van der Waals surface area (Å²) in [7, 11) is 1.33. The molecule has 1 aromatic heterocycles. The number of rotatable bonds is 2. The topological polar surface area (TPSA) is 39.2 Å². The molecular weight excluding hydrogens is 326 g/mol. The lowest BCUT2D eigenvalue weighted by Gasteiger charge is -1.99. The first-order valence-corrected chi connectivity index (χ1v) is 6.66. The van der Waals surface area contributed by atoms with E-state index in [9.17, 15) is 4.79 Å². The summed E-state index contributed by atoms with van der Waals surface area (Å²) in [4.78, 5) is 15.5. The number of ether oxygens (including phenoxy) is 1. The van der Waals surface area contributed by atoms with Crippen LogP contribution in [-0.2, 0) is 4.74 Å². The van der Waals surface area contributed by atoms with Gasteiger partial charge in [0.15, 0.2) is 5.69 Å². The highest BCUT2D eigenvalue weighted by molar-refractivity contribution is 9.10. The van der Waals surface area contributed by atoms with Gasteiger partial charge in [0, 0.05) is 15.4 Å². The van der Waals surface area contributed by atoms with Crippen LogP contribution in [-0.4, -0.2) is 18.1 Å². The first kappa shape index (κ1) is 12.5. The van der Waals surface area contributed by atoms with E-state index >= 15 is 0 Å². The predicted molar refractivity (Wildman–Crippen MR) is 71.6 cm³/mol. The zero-order chi connectivity index (χ0) is 12.4. The summed E-state index contributed by atoms with van der Waals surface area (Å²) in [6.07, 6.45) is 0. The SMILES string of the molecule is COC(=O)c1csc(-c2ccc(Br)c(Cl)c2)n1. The van der Waals surface area contributed by atoms with E-state index in [2.05, 4.69) is 25.7 Å². The molecule has 1 heterocycles. The quantitative estimate of drug-likeness (QED) is 0.780. The molecule has 6 heteroatoms. The average molecular weight is 333 g/mol. The van der Waals surface area contributed by atoms with Crippen molar-refractivity contribution in [3.05, 3.63) is 38.8 Å². The van der Waals surface area contributed by atoms with Crippen LogP contribution in [0.3, 0.4) is 0 Å². The zero-order valence-electron chi connectivity index (χ0n) is 8.74. The fraction of sp³-hybridized carbons (Fsp3) is 0.0909. The first-order chi connectivity index (χ1) is 8.11. The average Bonchev–Trinajstić information content (AvgIpc) is 2.81. The van der Waals surface area contributed by atoms with E-state index in [-0.39, 0.29) is 0 Å². The zero-order valence-corrected chi connectivity index (χ0v) is 11.9. The molecule has 88 valence electrons. The molecule has 0 saturated carbocycles. The lowest BCUT2D eigenvalue weighted by Crippen LogP contribution is -2.00. The molecule has 1 aromatic carbocycles. The standard InChI is InChI=1S/C11H7BrClNO2S/c1-16-11(15)9-5-17-10(14-9)6-2-3-7(12)8(13)4-6/h2-5H,1H3. The van der Waals surface area contributed by atoms with Crippen LogP contribution in [0.2, 0.25) is 5.02 Å². The van der Waals surface area contributed by atoms with Gasteiger partial charge in [0.25, 0.3) is 0 Å². The Balaban J connectivity index is 2.37. The first-order valence-electron chi connectivity index (χ1n) is 4.61. The fourth-order valence-corrected chi connectivity index (χ4v) is 2.45. The summed E-state index contributed by atoms with van der Waals surface area (Å²) in [5, 5.41) is 3.01. The number of hydrogen-bond acceptors (Lipinski definition) is 4. The fourth-order valence-electron chi connectivity index (χ4n) is 1.23. The number of carbonyl (C=O) groups is 1. The van der Waals surface area contributed by atoms with Crippen molar-refractivity contribution < 1.29 is 9.53 Å². The molecule has 0 aliphatic rings. The van der Waals surface area contributed by atoms with Gasteiger partial charge in [0.2, 0.25) is 0 Å². The van der Waals surface area contributed by atoms with Crippen molar-refractivity contribution in [1.82, 2.24) is 4.98 Å². The molecule has 0 saturated heterocycles. The van der Waals surface area contributed by atoms with E-state index in [4.69, 9.17) is 11.6 Å². The maximum atomic E-state index is 11.3. The number of benzene rings is 1. The molecule has 2 rings (SSSR count). The van der Waals surface area contributed by atoms with Gasteiger partial charge >= 0.3 is 5.97 Å². The van der Waals surface area contributed by atoms with Crippen molar-refractivity contribution in [2.45, 2.75) is 0 Å². The molecule has 0 aliphatic heterocycles. The van der Waals surface area contributed by atoms with Gasteiger partial charge < -0.3 is 4.74 Å². The molecule has 0 fully saturated rings.